The summed E-state index contributed by atoms with van der Waals surface area (Å²) in [6.45, 7) is 2.43. The second kappa shape index (κ2) is 9.45. The minimum atomic E-state index is -0.525. The van der Waals surface area contributed by atoms with Crippen molar-refractivity contribution in [3.8, 4) is 0 Å². The van der Waals surface area contributed by atoms with Gasteiger partial charge >= 0.3 is 5.97 Å². The average molecular weight is 390 g/mol. The second-order valence-corrected chi connectivity index (χ2v) is 6.37. The number of ether oxygens (including phenoxy) is 1. The largest absolute Gasteiger partial charge is 0.465 e. The van der Waals surface area contributed by atoms with Crippen LogP contribution in [0.2, 0.25) is 0 Å². The Bertz CT molecular complexity index is 1010. The summed E-state index contributed by atoms with van der Waals surface area (Å²) in [6, 6.07) is 18.3. The van der Waals surface area contributed by atoms with Gasteiger partial charge in [0.2, 0.25) is 5.95 Å². The van der Waals surface area contributed by atoms with Crippen LogP contribution < -0.4 is 10.6 Å². The van der Waals surface area contributed by atoms with E-state index in [0.717, 1.165) is 6.42 Å². The van der Waals surface area contributed by atoms with Crippen molar-refractivity contribution < 1.29 is 14.3 Å². The third kappa shape index (κ3) is 5.38. The maximum atomic E-state index is 12.7. The summed E-state index contributed by atoms with van der Waals surface area (Å²) in [5.74, 6) is -0.576. The van der Waals surface area contributed by atoms with Gasteiger partial charge in [-0.3, -0.25) is 4.79 Å². The molecular formula is C22H22N4O3. The molecule has 0 aliphatic rings. The number of rotatable bonds is 7. The molecular weight excluding hydrogens is 368 g/mol. The maximum Gasteiger partial charge on any atom is 0.339 e. The van der Waals surface area contributed by atoms with E-state index in [1.807, 2.05) is 18.2 Å². The predicted molar refractivity (Wildman–Crippen MR) is 111 cm³/mol. The second-order valence-electron chi connectivity index (χ2n) is 6.37. The molecule has 7 heteroatoms. The van der Waals surface area contributed by atoms with E-state index in [1.54, 1.807) is 37.3 Å². The first-order valence-corrected chi connectivity index (χ1v) is 9.19. The lowest BCUT2D eigenvalue weighted by molar-refractivity contribution is 0.0602. The average Bonchev–Trinajstić information content (AvgIpc) is 2.74. The lowest BCUT2D eigenvalue weighted by Gasteiger charge is -2.11. The SMILES string of the molecule is COC(=O)c1ccccc1NC(=O)c1cc(C)nc(NCCc2ccccc2)n1. The molecule has 0 aliphatic heterocycles. The van der Waals surface area contributed by atoms with Gasteiger partial charge in [0, 0.05) is 12.2 Å². The normalized spacial score (nSPS) is 10.3. The van der Waals surface area contributed by atoms with Gasteiger partial charge in [-0.05, 0) is 37.1 Å². The van der Waals surface area contributed by atoms with Gasteiger partial charge in [0.25, 0.3) is 5.91 Å². The van der Waals surface area contributed by atoms with Gasteiger partial charge in [-0.25, -0.2) is 14.8 Å². The highest BCUT2D eigenvalue weighted by atomic mass is 16.5. The smallest absolute Gasteiger partial charge is 0.339 e. The van der Waals surface area contributed by atoms with Crippen molar-refractivity contribution in [1.29, 1.82) is 0 Å². The van der Waals surface area contributed by atoms with Crippen LogP contribution in [0.15, 0.2) is 60.7 Å². The first-order valence-electron chi connectivity index (χ1n) is 9.19. The fourth-order valence-electron chi connectivity index (χ4n) is 2.79. The Morgan fingerprint density at radius 1 is 1.00 bits per heavy atom. The summed E-state index contributed by atoms with van der Waals surface area (Å²) in [6.07, 6.45) is 0.812. The van der Waals surface area contributed by atoms with Crippen molar-refractivity contribution in [1.82, 2.24) is 9.97 Å². The molecule has 7 nitrogen and oxygen atoms in total. The first kappa shape index (κ1) is 20.0. The molecule has 148 valence electrons. The Hall–Kier alpha value is -3.74. The number of carbonyl (C=O) groups is 2. The zero-order chi connectivity index (χ0) is 20.6. The van der Waals surface area contributed by atoms with Gasteiger partial charge in [-0.2, -0.15) is 0 Å². The van der Waals surface area contributed by atoms with Crippen LogP contribution in [0.3, 0.4) is 0 Å². The van der Waals surface area contributed by atoms with E-state index in [-0.39, 0.29) is 11.3 Å². The van der Waals surface area contributed by atoms with E-state index in [9.17, 15) is 9.59 Å². The number of nitrogens with one attached hydrogen (secondary N) is 2. The Kier molecular flexibility index (Phi) is 6.52. The van der Waals surface area contributed by atoms with Crippen LogP contribution in [0.25, 0.3) is 0 Å². The third-order valence-corrected chi connectivity index (χ3v) is 4.21. The van der Waals surface area contributed by atoms with Crippen LogP contribution in [0, 0.1) is 6.92 Å². The highest BCUT2D eigenvalue weighted by Gasteiger charge is 2.16. The van der Waals surface area contributed by atoms with Gasteiger partial charge in [0.1, 0.15) is 5.69 Å². The monoisotopic (exact) mass is 390 g/mol. The number of esters is 1. The summed E-state index contributed by atoms with van der Waals surface area (Å²) < 4.78 is 4.76. The first-order chi connectivity index (χ1) is 14.1. The summed E-state index contributed by atoms with van der Waals surface area (Å²) in [5, 5.41) is 5.88. The molecule has 3 rings (SSSR count). The number of para-hydroxylation sites is 1. The quantitative estimate of drug-likeness (QED) is 0.600. The van der Waals surface area contributed by atoms with Crippen LogP contribution in [0.5, 0.6) is 0 Å². The van der Waals surface area contributed by atoms with Crippen LogP contribution in [0.4, 0.5) is 11.6 Å². The van der Waals surface area contributed by atoms with E-state index in [0.29, 0.717) is 23.9 Å². The lowest BCUT2D eigenvalue weighted by Crippen LogP contribution is -2.18. The molecule has 0 atom stereocenters. The van der Waals surface area contributed by atoms with Gasteiger partial charge in [-0.15, -0.1) is 0 Å². The van der Waals surface area contributed by atoms with Crippen molar-refractivity contribution in [2.24, 2.45) is 0 Å². The topological polar surface area (TPSA) is 93.2 Å². The number of hydrogen-bond donors (Lipinski definition) is 2. The number of anilines is 2. The molecule has 0 saturated carbocycles. The molecule has 1 amide bonds. The van der Waals surface area contributed by atoms with Crippen molar-refractivity contribution in [3.05, 3.63) is 83.2 Å². The molecule has 2 aromatic carbocycles. The fourth-order valence-corrected chi connectivity index (χ4v) is 2.79. The van der Waals surface area contributed by atoms with Gasteiger partial charge in [-0.1, -0.05) is 42.5 Å². The van der Waals surface area contributed by atoms with Crippen LogP contribution in [-0.4, -0.2) is 35.5 Å². The Labute approximate surface area is 169 Å². The Morgan fingerprint density at radius 3 is 2.48 bits per heavy atom. The maximum absolute atomic E-state index is 12.7. The molecule has 0 radical (unpaired) electrons. The number of carbonyl (C=O) groups excluding carboxylic acids is 2. The fraction of sp³-hybridized carbons (Fsp3) is 0.182. The summed E-state index contributed by atoms with van der Waals surface area (Å²) in [4.78, 5) is 33.2. The van der Waals surface area contributed by atoms with E-state index in [1.165, 1.54) is 12.7 Å². The van der Waals surface area contributed by atoms with Gasteiger partial charge in [0.05, 0.1) is 18.4 Å². The number of amides is 1. The van der Waals surface area contributed by atoms with E-state index < -0.39 is 11.9 Å². The van der Waals surface area contributed by atoms with E-state index >= 15 is 0 Å². The molecule has 0 spiro atoms. The zero-order valence-electron chi connectivity index (χ0n) is 16.3. The number of benzene rings is 2. The van der Waals surface area contributed by atoms with Crippen molar-refractivity contribution in [3.63, 3.8) is 0 Å². The number of aryl methyl sites for hydroxylation is 1. The number of hydrogen-bond acceptors (Lipinski definition) is 6. The molecule has 0 aliphatic carbocycles. The number of nitrogens with zero attached hydrogens (tertiary/aromatic N) is 2. The van der Waals surface area contributed by atoms with Gasteiger partial charge < -0.3 is 15.4 Å². The molecule has 0 bridgehead atoms. The Balaban J connectivity index is 1.71. The molecule has 0 saturated heterocycles. The molecule has 29 heavy (non-hydrogen) atoms. The van der Waals surface area contributed by atoms with Crippen molar-refractivity contribution >= 4 is 23.5 Å². The lowest BCUT2D eigenvalue weighted by atomic mass is 10.1. The van der Waals surface area contributed by atoms with Gasteiger partial charge in [0.15, 0.2) is 0 Å². The van der Waals surface area contributed by atoms with Crippen LogP contribution >= 0.6 is 0 Å². The predicted octanol–water partition coefficient (Wildman–Crippen LogP) is 3.48. The van der Waals surface area contributed by atoms with Crippen LogP contribution in [-0.2, 0) is 11.2 Å². The molecule has 1 aromatic heterocycles. The summed E-state index contributed by atoms with van der Waals surface area (Å²) >= 11 is 0. The standard InChI is InChI=1S/C22H22N4O3/c1-15-14-19(20(27)25-18-11-7-6-10-17(18)21(28)29-2)26-22(24-15)23-13-12-16-8-4-3-5-9-16/h3-11,14H,12-13H2,1-2H3,(H,25,27)(H,23,24,26). The van der Waals surface area contributed by atoms with E-state index in [4.69, 9.17) is 4.74 Å². The highest BCUT2D eigenvalue weighted by Crippen LogP contribution is 2.17. The minimum absolute atomic E-state index is 0.208. The third-order valence-electron chi connectivity index (χ3n) is 4.21. The molecule has 1 heterocycles. The van der Waals surface area contributed by atoms with Crippen molar-refractivity contribution in [2.45, 2.75) is 13.3 Å². The number of aromatic nitrogens is 2. The molecule has 3 aromatic rings. The zero-order valence-corrected chi connectivity index (χ0v) is 16.3. The van der Waals surface area contributed by atoms with E-state index in [2.05, 4.69) is 32.7 Å². The molecule has 2 N–H and O–H groups in total. The molecule has 0 fully saturated rings. The highest BCUT2D eigenvalue weighted by molar-refractivity contribution is 6.07. The summed E-state index contributed by atoms with van der Waals surface area (Å²) in [5.41, 5.74) is 2.70. The molecule has 0 unspecified atom stereocenters. The number of methoxy groups -OCH3 is 1. The Morgan fingerprint density at radius 2 is 1.72 bits per heavy atom. The van der Waals surface area contributed by atoms with Crippen LogP contribution in [0.1, 0.15) is 32.1 Å². The minimum Gasteiger partial charge on any atom is -0.465 e. The van der Waals surface area contributed by atoms with Crippen molar-refractivity contribution in [2.75, 3.05) is 24.3 Å². The summed E-state index contributed by atoms with van der Waals surface area (Å²) in [7, 11) is 1.29.